The Morgan fingerprint density at radius 1 is 1.14 bits per heavy atom. The normalized spacial score (nSPS) is 16.4. The highest BCUT2D eigenvalue weighted by atomic mass is 16.5. The molecule has 156 valence electrons. The number of fused-ring (bicyclic) bond motifs is 1. The molecule has 2 aromatic rings. The predicted molar refractivity (Wildman–Crippen MR) is 115 cm³/mol. The monoisotopic (exact) mass is 396 g/mol. The minimum atomic E-state index is -0.0333. The molecule has 0 radical (unpaired) electrons. The van der Waals surface area contributed by atoms with Crippen molar-refractivity contribution in [2.24, 2.45) is 5.92 Å². The first-order valence-electron chi connectivity index (χ1n) is 10.2. The zero-order chi connectivity index (χ0) is 21.0. The van der Waals surface area contributed by atoms with Crippen molar-refractivity contribution >= 4 is 5.91 Å². The molecule has 0 saturated carbocycles. The highest BCUT2D eigenvalue weighted by Gasteiger charge is 2.29. The molecule has 0 bridgehead atoms. The summed E-state index contributed by atoms with van der Waals surface area (Å²) in [5.41, 5.74) is 4.99. The second-order valence-corrected chi connectivity index (χ2v) is 8.03. The molecule has 0 spiro atoms. The summed E-state index contributed by atoms with van der Waals surface area (Å²) in [6, 6.07) is 12.9. The number of hydrogen-bond acceptors (Lipinski definition) is 4. The number of carbonyl (C=O) groups is 1. The minimum Gasteiger partial charge on any atom is -0.493 e. The standard InChI is InChI=1S/C24H32N2O3/c1-16(2)24(27)25-14-21-20-13-23(29-5)22(28-4)12-19(20)10-11-26(21)15-18-8-6-17(3)7-9-18/h6-9,12-13,16,21H,10-11,14-15H2,1-5H3,(H,25,27). The van der Waals surface area contributed by atoms with Crippen LogP contribution in [0.15, 0.2) is 36.4 Å². The summed E-state index contributed by atoms with van der Waals surface area (Å²) in [6.07, 6.45) is 0.941. The topological polar surface area (TPSA) is 50.8 Å². The molecule has 1 aliphatic heterocycles. The van der Waals surface area contributed by atoms with E-state index >= 15 is 0 Å². The number of ether oxygens (including phenoxy) is 2. The lowest BCUT2D eigenvalue weighted by molar-refractivity contribution is -0.124. The van der Waals surface area contributed by atoms with E-state index in [1.165, 1.54) is 22.3 Å². The molecule has 1 aliphatic rings. The average molecular weight is 397 g/mol. The van der Waals surface area contributed by atoms with E-state index in [0.29, 0.717) is 6.54 Å². The van der Waals surface area contributed by atoms with Gasteiger partial charge in [-0.15, -0.1) is 0 Å². The Morgan fingerprint density at radius 3 is 2.41 bits per heavy atom. The lowest BCUT2D eigenvalue weighted by Crippen LogP contribution is -2.42. The molecule has 1 N–H and O–H groups in total. The van der Waals surface area contributed by atoms with E-state index in [0.717, 1.165) is 31.0 Å². The van der Waals surface area contributed by atoms with Gasteiger partial charge in [-0.3, -0.25) is 9.69 Å². The first kappa shape index (κ1) is 21.2. The van der Waals surface area contributed by atoms with Gasteiger partial charge in [-0.1, -0.05) is 43.7 Å². The van der Waals surface area contributed by atoms with Crippen molar-refractivity contribution < 1.29 is 14.3 Å². The van der Waals surface area contributed by atoms with Crippen molar-refractivity contribution in [3.8, 4) is 11.5 Å². The number of amides is 1. The number of carbonyl (C=O) groups excluding carboxylic acids is 1. The Kier molecular flexibility index (Phi) is 6.80. The number of aryl methyl sites for hydroxylation is 1. The van der Waals surface area contributed by atoms with E-state index in [4.69, 9.17) is 9.47 Å². The summed E-state index contributed by atoms with van der Waals surface area (Å²) in [4.78, 5) is 14.7. The van der Waals surface area contributed by atoms with Crippen LogP contribution in [0, 0.1) is 12.8 Å². The predicted octanol–water partition coefficient (Wildman–Crippen LogP) is 3.88. The third-order valence-corrected chi connectivity index (χ3v) is 5.61. The lowest BCUT2D eigenvalue weighted by atomic mass is 9.91. The van der Waals surface area contributed by atoms with E-state index in [9.17, 15) is 4.79 Å². The first-order valence-corrected chi connectivity index (χ1v) is 10.2. The number of nitrogens with one attached hydrogen (secondary N) is 1. The minimum absolute atomic E-state index is 0.0333. The second kappa shape index (κ2) is 9.31. The van der Waals surface area contributed by atoms with E-state index in [2.05, 4.69) is 53.5 Å². The van der Waals surface area contributed by atoms with Crippen LogP contribution in [-0.4, -0.2) is 38.1 Å². The summed E-state index contributed by atoms with van der Waals surface area (Å²) >= 11 is 0. The van der Waals surface area contributed by atoms with Crippen LogP contribution >= 0.6 is 0 Å². The second-order valence-electron chi connectivity index (χ2n) is 8.03. The van der Waals surface area contributed by atoms with Crippen LogP contribution in [-0.2, 0) is 17.8 Å². The van der Waals surface area contributed by atoms with Gasteiger partial charge in [0.25, 0.3) is 0 Å². The molecule has 1 amide bonds. The van der Waals surface area contributed by atoms with Crippen LogP contribution in [0.25, 0.3) is 0 Å². The number of methoxy groups -OCH3 is 2. The molecule has 1 heterocycles. The van der Waals surface area contributed by atoms with Gasteiger partial charge in [-0.05, 0) is 42.2 Å². The maximum absolute atomic E-state index is 12.2. The summed E-state index contributed by atoms with van der Waals surface area (Å²) in [5, 5.41) is 3.13. The molecule has 29 heavy (non-hydrogen) atoms. The molecule has 5 heteroatoms. The van der Waals surface area contributed by atoms with Crippen molar-refractivity contribution in [3.05, 3.63) is 58.7 Å². The quantitative estimate of drug-likeness (QED) is 0.772. The summed E-state index contributed by atoms with van der Waals surface area (Å²) in [7, 11) is 3.32. The lowest BCUT2D eigenvalue weighted by Gasteiger charge is -2.38. The number of rotatable bonds is 7. The van der Waals surface area contributed by atoms with Crippen molar-refractivity contribution in [1.82, 2.24) is 10.2 Å². The largest absolute Gasteiger partial charge is 0.493 e. The maximum Gasteiger partial charge on any atom is 0.222 e. The Morgan fingerprint density at radius 2 is 1.79 bits per heavy atom. The molecule has 1 unspecified atom stereocenters. The zero-order valence-corrected chi connectivity index (χ0v) is 18.1. The number of nitrogens with zero attached hydrogens (tertiary/aromatic N) is 1. The molecular weight excluding hydrogens is 364 g/mol. The molecule has 0 saturated heterocycles. The van der Waals surface area contributed by atoms with E-state index < -0.39 is 0 Å². The number of benzene rings is 2. The van der Waals surface area contributed by atoms with Gasteiger partial charge >= 0.3 is 0 Å². The van der Waals surface area contributed by atoms with Crippen LogP contribution in [0.5, 0.6) is 11.5 Å². The SMILES string of the molecule is COc1cc2c(cc1OC)C(CNC(=O)C(C)C)N(Cc1ccc(C)cc1)CC2. The van der Waals surface area contributed by atoms with E-state index in [-0.39, 0.29) is 17.9 Å². The third kappa shape index (κ3) is 4.91. The smallest absolute Gasteiger partial charge is 0.222 e. The highest BCUT2D eigenvalue weighted by Crippen LogP contribution is 2.38. The van der Waals surface area contributed by atoms with Crippen LogP contribution in [0.2, 0.25) is 0 Å². The third-order valence-electron chi connectivity index (χ3n) is 5.61. The molecule has 0 aliphatic carbocycles. The Hall–Kier alpha value is -2.53. The van der Waals surface area contributed by atoms with Gasteiger partial charge in [0.2, 0.25) is 5.91 Å². The fourth-order valence-electron chi connectivity index (χ4n) is 3.84. The van der Waals surface area contributed by atoms with E-state index in [1.807, 2.05) is 13.8 Å². The Balaban J connectivity index is 1.91. The van der Waals surface area contributed by atoms with Gasteiger partial charge in [-0.25, -0.2) is 0 Å². The molecule has 5 nitrogen and oxygen atoms in total. The Labute approximate surface area is 174 Å². The summed E-state index contributed by atoms with van der Waals surface area (Å²) in [6.45, 7) is 8.29. The van der Waals surface area contributed by atoms with Crippen molar-refractivity contribution in [1.29, 1.82) is 0 Å². The van der Waals surface area contributed by atoms with Crippen molar-refractivity contribution in [2.45, 2.75) is 39.8 Å². The van der Waals surface area contributed by atoms with Crippen LogP contribution in [0.1, 0.15) is 42.1 Å². The zero-order valence-electron chi connectivity index (χ0n) is 18.1. The fourth-order valence-corrected chi connectivity index (χ4v) is 3.84. The fraction of sp³-hybridized carbons (Fsp3) is 0.458. The van der Waals surface area contributed by atoms with Crippen LogP contribution < -0.4 is 14.8 Å². The molecule has 2 aromatic carbocycles. The van der Waals surface area contributed by atoms with E-state index in [1.54, 1.807) is 14.2 Å². The van der Waals surface area contributed by atoms with Crippen LogP contribution in [0.3, 0.4) is 0 Å². The van der Waals surface area contributed by atoms with Crippen molar-refractivity contribution in [2.75, 3.05) is 27.3 Å². The van der Waals surface area contributed by atoms with Gasteiger partial charge in [0.05, 0.1) is 20.3 Å². The molecule has 0 fully saturated rings. The molecule has 1 atom stereocenters. The average Bonchev–Trinajstić information content (AvgIpc) is 2.73. The van der Waals surface area contributed by atoms with Gasteiger partial charge in [0.15, 0.2) is 11.5 Å². The van der Waals surface area contributed by atoms with Crippen LogP contribution in [0.4, 0.5) is 0 Å². The van der Waals surface area contributed by atoms with Gasteiger partial charge in [0, 0.05) is 25.6 Å². The first-order chi connectivity index (χ1) is 13.9. The van der Waals surface area contributed by atoms with Gasteiger partial charge < -0.3 is 14.8 Å². The Bertz CT molecular complexity index is 846. The van der Waals surface area contributed by atoms with Gasteiger partial charge in [0.1, 0.15) is 0 Å². The molecule has 3 rings (SSSR count). The molecular formula is C24H32N2O3. The molecule has 0 aromatic heterocycles. The maximum atomic E-state index is 12.2. The van der Waals surface area contributed by atoms with Crippen molar-refractivity contribution in [3.63, 3.8) is 0 Å². The summed E-state index contributed by atoms with van der Waals surface area (Å²) < 4.78 is 11.0. The summed E-state index contributed by atoms with van der Waals surface area (Å²) in [5.74, 6) is 1.52. The number of hydrogen-bond donors (Lipinski definition) is 1. The van der Waals surface area contributed by atoms with Gasteiger partial charge in [-0.2, -0.15) is 0 Å². The highest BCUT2D eigenvalue weighted by molar-refractivity contribution is 5.77.